The first-order chi connectivity index (χ1) is 12.6. The molecule has 154 valence electrons. The molecule has 0 spiro atoms. The second-order valence-corrected chi connectivity index (χ2v) is 5.90. The Morgan fingerprint density at radius 3 is 2.15 bits per heavy atom. The Morgan fingerprint density at radius 2 is 1.63 bits per heavy atom. The van der Waals surface area contributed by atoms with Crippen molar-refractivity contribution in [3.8, 4) is 0 Å². The Labute approximate surface area is 156 Å². The summed E-state index contributed by atoms with van der Waals surface area (Å²) in [7, 11) is 0. The maximum absolute atomic E-state index is 12.0. The van der Waals surface area contributed by atoms with E-state index < -0.39 is 60.8 Å². The van der Waals surface area contributed by atoms with Crippen molar-refractivity contribution in [3.05, 3.63) is 0 Å². The second-order valence-electron chi connectivity index (χ2n) is 5.90. The van der Waals surface area contributed by atoms with Crippen molar-refractivity contribution in [1.82, 2.24) is 16.0 Å². The highest BCUT2D eigenvalue weighted by atomic mass is 16.4. The fourth-order valence-corrected chi connectivity index (χ4v) is 1.94. The summed E-state index contributed by atoms with van der Waals surface area (Å²) in [6.07, 6.45) is 1.00. The van der Waals surface area contributed by atoms with Crippen LogP contribution in [-0.2, 0) is 24.0 Å². The molecule has 0 aromatic heterocycles. The predicted octanol–water partition coefficient (Wildman–Crippen LogP) is -2.89. The van der Waals surface area contributed by atoms with E-state index in [0.717, 1.165) is 0 Å². The van der Waals surface area contributed by atoms with Crippen molar-refractivity contribution in [2.24, 2.45) is 11.5 Å². The molecule has 0 saturated carbocycles. The smallest absolute Gasteiger partial charge is 0.325 e. The van der Waals surface area contributed by atoms with Gasteiger partial charge < -0.3 is 37.6 Å². The summed E-state index contributed by atoms with van der Waals surface area (Å²) < 4.78 is 0. The molecule has 3 atom stereocenters. The number of rotatable bonds is 13. The lowest BCUT2D eigenvalue weighted by atomic mass is 10.1. The topological polar surface area (TPSA) is 214 Å². The zero-order chi connectivity index (χ0) is 21.0. The predicted molar refractivity (Wildman–Crippen MR) is 93.3 cm³/mol. The fraction of sp³-hybridized carbons (Fsp3) is 0.667. The second kappa shape index (κ2) is 12.6. The number of unbranched alkanes of at least 4 members (excludes halogenated alkanes) is 1. The van der Waals surface area contributed by atoms with Crippen molar-refractivity contribution >= 4 is 29.7 Å². The maximum atomic E-state index is 12.0. The highest BCUT2D eigenvalue weighted by Crippen LogP contribution is 1.98. The summed E-state index contributed by atoms with van der Waals surface area (Å²) in [5, 5.41) is 24.1. The number of amides is 3. The van der Waals surface area contributed by atoms with Gasteiger partial charge in [-0.15, -0.1) is 0 Å². The van der Waals surface area contributed by atoms with Crippen LogP contribution in [0.3, 0.4) is 0 Å². The van der Waals surface area contributed by atoms with E-state index in [1.165, 1.54) is 6.92 Å². The number of carboxylic acid groups (broad SMARTS) is 2. The van der Waals surface area contributed by atoms with Crippen molar-refractivity contribution in [3.63, 3.8) is 0 Å². The molecule has 0 rings (SSSR count). The highest BCUT2D eigenvalue weighted by molar-refractivity contribution is 5.94. The molecule has 9 N–H and O–H groups in total. The van der Waals surface area contributed by atoms with Crippen LogP contribution < -0.4 is 27.4 Å². The molecule has 12 heteroatoms. The van der Waals surface area contributed by atoms with Crippen LogP contribution in [0.2, 0.25) is 0 Å². The SMILES string of the molecule is CC(NC(=O)C(CC(=O)O)NC(=O)CNC(=O)C(N)CCCCN)C(=O)O. The minimum atomic E-state index is -1.49. The van der Waals surface area contributed by atoms with E-state index in [1.54, 1.807) is 0 Å². The Bertz CT molecular complexity index is 555. The van der Waals surface area contributed by atoms with Gasteiger partial charge in [0.05, 0.1) is 19.0 Å². The van der Waals surface area contributed by atoms with E-state index in [2.05, 4.69) is 16.0 Å². The molecule has 0 heterocycles. The van der Waals surface area contributed by atoms with Crippen LogP contribution in [0.1, 0.15) is 32.6 Å². The molecule has 0 radical (unpaired) electrons. The van der Waals surface area contributed by atoms with E-state index in [0.29, 0.717) is 25.8 Å². The number of carbonyl (C=O) groups is 5. The molecule has 0 aromatic rings. The molecule has 0 aliphatic heterocycles. The number of carboxylic acids is 2. The van der Waals surface area contributed by atoms with Crippen LogP contribution >= 0.6 is 0 Å². The summed E-state index contributed by atoms with van der Waals surface area (Å²) in [5.41, 5.74) is 11.0. The van der Waals surface area contributed by atoms with Gasteiger partial charge in [0.2, 0.25) is 17.7 Å². The minimum absolute atomic E-state index is 0.391. The zero-order valence-corrected chi connectivity index (χ0v) is 15.1. The van der Waals surface area contributed by atoms with Gasteiger partial charge in [0.25, 0.3) is 0 Å². The van der Waals surface area contributed by atoms with Gasteiger partial charge in [0.15, 0.2) is 0 Å². The molecule has 0 bridgehead atoms. The van der Waals surface area contributed by atoms with Crippen molar-refractivity contribution in [1.29, 1.82) is 0 Å². The van der Waals surface area contributed by atoms with E-state index in [4.69, 9.17) is 21.7 Å². The van der Waals surface area contributed by atoms with Gasteiger partial charge in [-0.25, -0.2) is 0 Å². The summed E-state index contributed by atoms with van der Waals surface area (Å²) in [5.74, 6) is -5.04. The fourth-order valence-electron chi connectivity index (χ4n) is 1.94. The van der Waals surface area contributed by atoms with Gasteiger partial charge >= 0.3 is 11.9 Å². The Morgan fingerprint density at radius 1 is 1.00 bits per heavy atom. The van der Waals surface area contributed by atoms with Gasteiger partial charge in [0.1, 0.15) is 12.1 Å². The van der Waals surface area contributed by atoms with E-state index in [9.17, 15) is 24.0 Å². The van der Waals surface area contributed by atoms with Crippen LogP contribution in [0.25, 0.3) is 0 Å². The first-order valence-electron chi connectivity index (χ1n) is 8.36. The number of hydrogen-bond donors (Lipinski definition) is 7. The molecule has 0 aliphatic rings. The van der Waals surface area contributed by atoms with Crippen molar-refractivity contribution < 1.29 is 34.2 Å². The molecule has 0 saturated heterocycles. The molecule has 3 unspecified atom stereocenters. The molecule has 12 nitrogen and oxygen atoms in total. The normalized spacial score (nSPS) is 13.7. The molecular weight excluding hydrogens is 362 g/mol. The van der Waals surface area contributed by atoms with E-state index in [1.807, 2.05) is 0 Å². The van der Waals surface area contributed by atoms with Crippen LogP contribution in [0.15, 0.2) is 0 Å². The molecule has 3 amide bonds. The monoisotopic (exact) mass is 389 g/mol. The van der Waals surface area contributed by atoms with Gasteiger partial charge in [-0.3, -0.25) is 24.0 Å². The molecule has 0 aromatic carbocycles. The number of nitrogens with two attached hydrogens (primary N) is 2. The van der Waals surface area contributed by atoms with Gasteiger partial charge in [-0.05, 0) is 26.3 Å². The number of hydrogen-bond acceptors (Lipinski definition) is 7. The quantitative estimate of drug-likeness (QED) is 0.161. The third kappa shape index (κ3) is 10.8. The van der Waals surface area contributed by atoms with Crippen LogP contribution in [0, 0.1) is 0 Å². The summed E-state index contributed by atoms with van der Waals surface area (Å²) in [6, 6.07) is -3.58. The third-order valence-corrected chi connectivity index (χ3v) is 3.49. The standard InChI is InChI=1S/C15H27N5O7/c1-8(15(26)27)19-14(25)10(6-12(22)23)20-11(21)7-18-13(24)9(17)4-2-3-5-16/h8-10H,2-7,16-17H2,1H3,(H,18,24)(H,19,25)(H,20,21)(H,22,23)(H,26,27). The van der Waals surface area contributed by atoms with Gasteiger partial charge in [-0.2, -0.15) is 0 Å². The molecule has 27 heavy (non-hydrogen) atoms. The zero-order valence-electron chi connectivity index (χ0n) is 15.1. The molecular formula is C15H27N5O7. The Balaban J connectivity index is 4.59. The van der Waals surface area contributed by atoms with E-state index >= 15 is 0 Å². The highest BCUT2D eigenvalue weighted by Gasteiger charge is 2.26. The summed E-state index contributed by atoms with van der Waals surface area (Å²) >= 11 is 0. The molecule has 0 fully saturated rings. The van der Waals surface area contributed by atoms with Crippen molar-refractivity contribution in [2.75, 3.05) is 13.1 Å². The van der Waals surface area contributed by atoms with Crippen molar-refractivity contribution in [2.45, 2.75) is 50.7 Å². The van der Waals surface area contributed by atoms with Crippen LogP contribution in [0.4, 0.5) is 0 Å². The average molecular weight is 389 g/mol. The van der Waals surface area contributed by atoms with E-state index in [-0.39, 0.29) is 0 Å². The maximum Gasteiger partial charge on any atom is 0.325 e. The lowest BCUT2D eigenvalue weighted by Crippen LogP contribution is -2.53. The largest absolute Gasteiger partial charge is 0.481 e. The minimum Gasteiger partial charge on any atom is -0.481 e. The lowest BCUT2D eigenvalue weighted by molar-refractivity contribution is -0.143. The van der Waals surface area contributed by atoms with Gasteiger partial charge in [0, 0.05) is 0 Å². The lowest BCUT2D eigenvalue weighted by Gasteiger charge is -2.19. The first kappa shape index (κ1) is 24.3. The number of carbonyl (C=O) groups excluding carboxylic acids is 3. The molecule has 0 aliphatic carbocycles. The summed E-state index contributed by atoms with van der Waals surface area (Å²) in [4.78, 5) is 57.2. The Hall–Kier alpha value is -2.73. The Kier molecular flexibility index (Phi) is 11.3. The summed E-state index contributed by atoms with van der Waals surface area (Å²) in [6.45, 7) is 1.15. The van der Waals surface area contributed by atoms with Gasteiger partial charge in [-0.1, -0.05) is 6.42 Å². The average Bonchev–Trinajstić information content (AvgIpc) is 2.58. The first-order valence-corrected chi connectivity index (χ1v) is 8.36. The van der Waals surface area contributed by atoms with Crippen LogP contribution in [-0.4, -0.2) is 71.1 Å². The third-order valence-electron chi connectivity index (χ3n) is 3.49. The number of nitrogens with one attached hydrogen (secondary N) is 3. The van der Waals surface area contributed by atoms with Crippen LogP contribution in [0.5, 0.6) is 0 Å². The number of aliphatic carboxylic acids is 2.